The molecular formula is C12H20N2S. The Morgan fingerprint density at radius 1 is 1.47 bits per heavy atom. The Labute approximate surface area is 96.1 Å². The Hall–Kier alpha value is -0.380. The van der Waals surface area contributed by atoms with Crippen molar-refractivity contribution in [3.63, 3.8) is 0 Å². The Bertz CT molecular complexity index is 289. The largest absolute Gasteiger partial charge is 0.329 e. The summed E-state index contributed by atoms with van der Waals surface area (Å²) in [6.45, 7) is 1.84. The normalized spacial score (nSPS) is 19.9. The lowest BCUT2D eigenvalue weighted by Crippen LogP contribution is -2.49. The summed E-state index contributed by atoms with van der Waals surface area (Å²) in [7, 11) is 2.22. The molecule has 2 nitrogen and oxygen atoms in total. The van der Waals surface area contributed by atoms with Crippen molar-refractivity contribution in [3.05, 3.63) is 22.4 Å². The molecule has 1 aliphatic rings. The van der Waals surface area contributed by atoms with E-state index in [0.717, 1.165) is 13.1 Å². The number of rotatable bonds is 4. The highest BCUT2D eigenvalue weighted by molar-refractivity contribution is 7.07. The number of nitrogens with zero attached hydrogens (tertiary/aromatic N) is 1. The van der Waals surface area contributed by atoms with E-state index in [4.69, 9.17) is 5.73 Å². The van der Waals surface area contributed by atoms with Crippen LogP contribution in [0, 0.1) is 0 Å². The van der Waals surface area contributed by atoms with Crippen molar-refractivity contribution < 1.29 is 0 Å². The summed E-state index contributed by atoms with van der Waals surface area (Å²) in [4.78, 5) is 2.46. The summed E-state index contributed by atoms with van der Waals surface area (Å²) >= 11 is 1.77. The first-order chi connectivity index (χ1) is 7.27. The van der Waals surface area contributed by atoms with Crippen LogP contribution in [0.2, 0.25) is 0 Å². The Morgan fingerprint density at radius 3 is 2.73 bits per heavy atom. The van der Waals surface area contributed by atoms with Crippen molar-refractivity contribution in [2.24, 2.45) is 5.73 Å². The van der Waals surface area contributed by atoms with E-state index in [1.54, 1.807) is 11.3 Å². The molecule has 3 heteroatoms. The molecule has 0 spiro atoms. The highest BCUT2D eigenvalue weighted by atomic mass is 32.1. The molecule has 2 N–H and O–H groups in total. The van der Waals surface area contributed by atoms with Gasteiger partial charge >= 0.3 is 0 Å². The van der Waals surface area contributed by atoms with Crippen molar-refractivity contribution >= 4 is 11.3 Å². The summed E-state index contributed by atoms with van der Waals surface area (Å²) in [5.41, 5.74) is 7.66. The molecule has 84 valence electrons. The third-order valence-electron chi connectivity index (χ3n) is 3.72. The second-order valence-electron chi connectivity index (χ2n) is 4.62. The van der Waals surface area contributed by atoms with E-state index >= 15 is 0 Å². The summed E-state index contributed by atoms with van der Waals surface area (Å²) < 4.78 is 0. The monoisotopic (exact) mass is 224 g/mol. The average molecular weight is 224 g/mol. The van der Waals surface area contributed by atoms with E-state index in [2.05, 4.69) is 28.8 Å². The highest BCUT2D eigenvalue weighted by Crippen LogP contribution is 2.34. The lowest BCUT2D eigenvalue weighted by molar-refractivity contribution is 0.124. The van der Waals surface area contributed by atoms with Crippen LogP contribution in [0.15, 0.2) is 16.8 Å². The standard InChI is InChI=1S/C12H20N2S/c1-14(8-11-4-7-15-9-11)12(10-13)5-2-3-6-12/h4,7,9H,2-3,5-6,8,10,13H2,1H3. The van der Waals surface area contributed by atoms with Crippen LogP contribution in [-0.4, -0.2) is 24.0 Å². The molecule has 1 aromatic heterocycles. The van der Waals surface area contributed by atoms with Gasteiger partial charge in [0.05, 0.1) is 0 Å². The van der Waals surface area contributed by atoms with Gasteiger partial charge in [0.15, 0.2) is 0 Å². The third kappa shape index (κ3) is 2.25. The fourth-order valence-corrected chi connectivity index (χ4v) is 3.26. The summed E-state index contributed by atoms with van der Waals surface area (Å²) in [5.74, 6) is 0. The molecule has 1 heterocycles. The molecule has 1 aromatic rings. The van der Waals surface area contributed by atoms with Crippen molar-refractivity contribution in [1.29, 1.82) is 0 Å². The van der Waals surface area contributed by atoms with Crippen molar-refractivity contribution in [2.45, 2.75) is 37.8 Å². The minimum Gasteiger partial charge on any atom is -0.329 e. The van der Waals surface area contributed by atoms with Gasteiger partial charge in [0.25, 0.3) is 0 Å². The van der Waals surface area contributed by atoms with Gasteiger partial charge in [-0.05, 0) is 42.3 Å². The number of nitrogens with two attached hydrogens (primary N) is 1. The van der Waals surface area contributed by atoms with E-state index in [9.17, 15) is 0 Å². The number of likely N-dealkylation sites (N-methyl/N-ethyl adjacent to an activating group) is 1. The van der Waals surface area contributed by atoms with Gasteiger partial charge in [0.2, 0.25) is 0 Å². The first kappa shape index (κ1) is 11.1. The van der Waals surface area contributed by atoms with Gasteiger partial charge in [-0.15, -0.1) is 0 Å². The molecule has 0 bridgehead atoms. The van der Waals surface area contributed by atoms with E-state index in [1.165, 1.54) is 31.2 Å². The SMILES string of the molecule is CN(Cc1ccsc1)C1(CN)CCCC1. The van der Waals surface area contributed by atoms with Gasteiger partial charge in [-0.1, -0.05) is 12.8 Å². The summed E-state index contributed by atoms with van der Waals surface area (Å²) in [5, 5.41) is 4.38. The second-order valence-corrected chi connectivity index (χ2v) is 5.40. The van der Waals surface area contributed by atoms with E-state index in [1.807, 2.05) is 0 Å². The van der Waals surface area contributed by atoms with Gasteiger partial charge in [-0.25, -0.2) is 0 Å². The molecule has 1 fully saturated rings. The Kier molecular flexibility index (Phi) is 3.44. The maximum absolute atomic E-state index is 5.96. The zero-order valence-electron chi connectivity index (χ0n) is 9.41. The van der Waals surface area contributed by atoms with Gasteiger partial charge < -0.3 is 5.73 Å². The summed E-state index contributed by atoms with van der Waals surface area (Å²) in [6, 6.07) is 2.21. The number of thiophene rings is 1. The minimum absolute atomic E-state index is 0.280. The average Bonchev–Trinajstić information content (AvgIpc) is 2.87. The first-order valence-corrected chi connectivity index (χ1v) is 6.63. The lowest BCUT2D eigenvalue weighted by atomic mass is 9.95. The molecule has 0 aliphatic heterocycles. The van der Waals surface area contributed by atoms with Crippen LogP contribution in [0.25, 0.3) is 0 Å². The molecule has 0 aromatic carbocycles. The van der Waals surface area contributed by atoms with Crippen LogP contribution in [0.5, 0.6) is 0 Å². The van der Waals surface area contributed by atoms with Crippen molar-refractivity contribution in [2.75, 3.05) is 13.6 Å². The van der Waals surface area contributed by atoms with Crippen LogP contribution in [0.4, 0.5) is 0 Å². The zero-order valence-corrected chi connectivity index (χ0v) is 10.2. The quantitative estimate of drug-likeness (QED) is 0.851. The van der Waals surface area contributed by atoms with Gasteiger partial charge in [0, 0.05) is 18.6 Å². The van der Waals surface area contributed by atoms with Gasteiger partial charge in [-0.3, -0.25) is 4.90 Å². The molecule has 0 atom stereocenters. The Morgan fingerprint density at radius 2 is 2.20 bits per heavy atom. The minimum atomic E-state index is 0.280. The molecule has 1 saturated carbocycles. The number of hydrogen-bond acceptors (Lipinski definition) is 3. The van der Waals surface area contributed by atoms with Crippen molar-refractivity contribution in [3.8, 4) is 0 Å². The molecular weight excluding hydrogens is 204 g/mol. The van der Waals surface area contributed by atoms with Crippen LogP contribution >= 0.6 is 11.3 Å². The third-order valence-corrected chi connectivity index (χ3v) is 4.46. The van der Waals surface area contributed by atoms with Crippen LogP contribution in [-0.2, 0) is 6.54 Å². The summed E-state index contributed by atoms with van der Waals surface area (Å²) in [6.07, 6.45) is 5.21. The van der Waals surface area contributed by atoms with Gasteiger partial charge in [-0.2, -0.15) is 11.3 Å². The second kappa shape index (κ2) is 4.64. The van der Waals surface area contributed by atoms with Crippen molar-refractivity contribution in [1.82, 2.24) is 4.90 Å². The fraction of sp³-hybridized carbons (Fsp3) is 0.667. The highest BCUT2D eigenvalue weighted by Gasteiger charge is 2.36. The zero-order chi connectivity index (χ0) is 10.7. The van der Waals surface area contributed by atoms with Crippen LogP contribution < -0.4 is 5.73 Å². The lowest BCUT2D eigenvalue weighted by Gasteiger charge is -2.37. The molecule has 15 heavy (non-hydrogen) atoms. The predicted molar refractivity (Wildman–Crippen MR) is 66.0 cm³/mol. The predicted octanol–water partition coefficient (Wildman–Crippen LogP) is 2.45. The van der Waals surface area contributed by atoms with Crippen LogP contribution in [0.1, 0.15) is 31.2 Å². The maximum atomic E-state index is 5.96. The van der Waals surface area contributed by atoms with E-state index in [0.29, 0.717) is 0 Å². The molecule has 2 rings (SSSR count). The molecule has 0 saturated heterocycles. The first-order valence-electron chi connectivity index (χ1n) is 5.69. The smallest absolute Gasteiger partial charge is 0.0332 e. The molecule has 0 unspecified atom stereocenters. The van der Waals surface area contributed by atoms with E-state index < -0.39 is 0 Å². The molecule has 0 amide bonds. The molecule has 0 radical (unpaired) electrons. The van der Waals surface area contributed by atoms with Crippen LogP contribution in [0.3, 0.4) is 0 Å². The molecule has 1 aliphatic carbocycles. The topological polar surface area (TPSA) is 29.3 Å². The van der Waals surface area contributed by atoms with E-state index in [-0.39, 0.29) is 5.54 Å². The number of hydrogen-bond donors (Lipinski definition) is 1. The van der Waals surface area contributed by atoms with Gasteiger partial charge in [0.1, 0.15) is 0 Å². The Balaban J connectivity index is 2.02. The maximum Gasteiger partial charge on any atom is 0.0332 e. The fourth-order valence-electron chi connectivity index (χ4n) is 2.60.